The molecular weight excluding hydrogens is 206 g/mol. The Morgan fingerprint density at radius 3 is 3.00 bits per heavy atom. The molecule has 0 spiro atoms. The quantitative estimate of drug-likeness (QED) is 0.839. The number of piperidine rings is 1. The molecule has 0 atom stereocenters. The first-order valence-electron chi connectivity index (χ1n) is 5.65. The molecule has 0 bridgehead atoms. The van der Waals surface area contributed by atoms with E-state index in [0.717, 1.165) is 19.0 Å². The number of rotatable bonds is 4. The van der Waals surface area contributed by atoms with Crippen molar-refractivity contribution in [2.24, 2.45) is 0 Å². The summed E-state index contributed by atoms with van der Waals surface area (Å²) in [6.07, 6.45) is 5.53. The van der Waals surface area contributed by atoms with Gasteiger partial charge < -0.3 is 10.2 Å². The fraction of sp³-hybridized carbons (Fsp3) is 0.727. The van der Waals surface area contributed by atoms with Crippen molar-refractivity contribution in [2.75, 3.05) is 26.7 Å². The van der Waals surface area contributed by atoms with Gasteiger partial charge >= 0.3 is 0 Å². The van der Waals surface area contributed by atoms with Crippen LogP contribution in [0.5, 0.6) is 0 Å². The first-order valence-corrected chi connectivity index (χ1v) is 6.53. The number of nitrogens with one attached hydrogen (secondary N) is 1. The Hall–Kier alpha value is -0.450. The number of hydrogen-bond donors (Lipinski definition) is 1. The molecule has 0 saturated carbocycles. The van der Waals surface area contributed by atoms with Gasteiger partial charge in [-0.2, -0.15) is 0 Å². The molecule has 0 aliphatic carbocycles. The molecule has 1 N–H and O–H groups in total. The van der Waals surface area contributed by atoms with E-state index in [1.165, 1.54) is 30.9 Å². The lowest BCUT2D eigenvalue weighted by atomic mass is 10.1. The summed E-state index contributed by atoms with van der Waals surface area (Å²) in [5, 5.41) is 6.91. The maximum absolute atomic E-state index is 4.28. The second-order valence-electron chi connectivity index (χ2n) is 4.21. The molecule has 2 heterocycles. The van der Waals surface area contributed by atoms with Crippen molar-refractivity contribution < 1.29 is 0 Å². The summed E-state index contributed by atoms with van der Waals surface area (Å²) in [6.45, 7) is 3.53. The highest BCUT2D eigenvalue weighted by molar-refractivity contribution is 7.09. The summed E-state index contributed by atoms with van der Waals surface area (Å²) in [6, 6.07) is 0.723. The van der Waals surface area contributed by atoms with E-state index >= 15 is 0 Å². The molecule has 1 aliphatic heterocycles. The van der Waals surface area contributed by atoms with Gasteiger partial charge in [0.25, 0.3) is 0 Å². The van der Waals surface area contributed by atoms with Gasteiger partial charge in [-0.05, 0) is 33.0 Å². The van der Waals surface area contributed by atoms with E-state index in [0.29, 0.717) is 0 Å². The van der Waals surface area contributed by atoms with Crippen molar-refractivity contribution in [1.29, 1.82) is 0 Å². The van der Waals surface area contributed by atoms with E-state index in [2.05, 4.69) is 22.2 Å². The van der Waals surface area contributed by atoms with Crippen LogP contribution in [0, 0.1) is 0 Å². The van der Waals surface area contributed by atoms with E-state index in [1.54, 1.807) is 11.3 Å². The molecule has 15 heavy (non-hydrogen) atoms. The summed E-state index contributed by atoms with van der Waals surface area (Å²) in [5.41, 5.74) is 0. The lowest BCUT2D eigenvalue weighted by Crippen LogP contribution is -2.41. The van der Waals surface area contributed by atoms with Crippen LogP contribution in [0.3, 0.4) is 0 Å². The average Bonchev–Trinajstić information content (AvgIpc) is 2.74. The molecule has 0 unspecified atom stereocenters. The number of aromatic nitrogens is 1. The molecule has 4 heteroatoms. The van der Waals surface area contributed by atoms with Crippen LogP contribution in [0.2, 0.25) is 0 Å². The highest BCUT2D eigenvalue weighted by Gasteiger charge is 2.15. The smallest absolute Gasteiger partial charge is 0.0937 e. The van der Waals surface area contributed by atoms with Gasteiger partial charge in [-0.15, -0.1) is 11.3 Å². The van der Waals surface area contributed by atoms with Gasteiger partial charge in [0.1, 0.15) is 0 Å². The predicted octanol–water partition coefficient (Wildman–Crippen LogP) is 1.37. The zero-order valence-corrected chi connectivity index (χ0v) is 10.1. The Morgan fingerprint density at radius 2 is 2.33 bits per heavy atom. The topological polar surface area (TPSA) is 28.2 Å². The van der Waals surface area contributed by atoms with Crippen LogP contribution >= 0.6 is 11.3 Å². The molecule has 0 aromatic carbocycles. The molecule has 1 saturated heterocycles. The van der Waals surface area contributed by atoms with Crippen LogP contribution in [0.4, 0.5) is 0 Å². The zero-order valence-electron chi connectivity index (χ0n) is 9.28. The maximum atomic E-state index is 4.28. The van der Waals surface area contributed by atoms with Crippen LogP contribution in [0.1, 0.15) is 17.8 Å². The van der Waals surface area contributed by atoms with Gasteiger partial charge in [0.15, 0.2) is 0 Å². The van der Waals surface area contributed by atoms with Crippen LogP contribution in [0.15, 0.2) is 11.6 Å². The van der Waals surface area contributed by atoms with Crippen molar-refractivity contribution in [3.8, 4) is 0 Å². The second kappa shape index (κ2) is 5.58. The Kier molecular flexibility index (Phi) is 4.11. The molecule has 2 rings (SSSR count). The Labute approximate surface area is 95.5 Å². The number of thiazole rings is 1. The van der Waals surface area contributed by atoms with Crippen molar-refractivity contribution >= 4 is 11.3 Å². The van der Waals surface area contributed by atoms with Gasteiger partial charge in [-0.1, -0.05) is 0 Å². The lowest BCUT2D eigenvalue weighted by molar-refractivity contribution is 0.235. The largest absolute Gasteiger partial charge is 0.313 e. The Morgan fingerprint density at radius 1 is 1.53 bits per heavy atom. The summed E-state index contributed by atoms with van der Waals surface area (Å²) < 4.78 is 0. The summed E-state index contributed by atoms with van der Waals surface area (Å²) >= 11 is 1.75. The van der Waals surface area contributed by atoms with Gasteiger partial charge in [-0.25, -0.2) is 4.98 Å². The first kappa shape index (κ1) is 11.0. The zero-order chi connectivity index (χ0) is 10.5. The summed E-state index contributed by atoms with van der Waals surface area (Å²) in [5.74, 6) is 0. The third-order valence-electron chi connectivity index (χ3n) is 2.97. The van der Waals surface area contributed by atoms with Crippen molar-refractivity contribution in [1.82, 2.24) is 15.2 Å². The number of likely N-dealkylation sites (tertiary alicyclic amines) is 1. The minimum Gasteiger partial charge on any atom is -0.313 e. The molecule has 1 aromatic rings. The van der Waals surface area contributed by atoms with Crippen LogP contribution < -0.4 is 5.32 Å². The van der Waals surface area contributed by atoms with Crippen molar-refractivity contribution in [2.45, 2.75) is 25.3 Å². The van der Waals surface area contributed by atoms with Crippen LogP contribution in [-0.4, -0.2) is 42.6 Å². The minimum atomic E-state index is 0.723. The average molecular weight is 225 g/mol. The summed E-state index contributed by atoms with van der Waals surface area (Å²) in [4.78, 5) is 6.68. The van der Waals surface area contributed by atoms with E-state index in [9.17, 15) is 0 Å². The third kappa shape index (κ3) is 3.55. The SMILES string of the molecule is CN1CCC(NCCc2nccs2)CC1. The Balaban J connectivity index is 1.62. The predicted molar refractivity (Wildman–Crippen MR) is 64.3 cm³/mol. The summed E-state index contributed by atoms with van der Waals surface area (Å²) in [7, 11) is 2.20. The highest BCUT2D eigenvalue weighted by atomic mass is 32.1. The van der Waals surface area contributed by atoms with E-state index < -0.39 is 0 Å². The molecule has 3 nitrogen and oxygen atoms in total. The van der Waals surface area contributed by atoms with Gasteiger partial charge in [0.2, 0.25) is 0 Å². The fourth-order valence-electron chi connectivity index (χ4n) is 1.97. The molecule has 0 radical (unpaired) electrons. The fourth-order valence-corrected chi connectivity index (χ4v) is 2.59. The van der Waals surface area contributed by atoms with Gasteiger partial charge in [-0.3, -0.25) is 0 Å². The normalized spacial score (nSPS) is 19.5. The van der Waals surface area contributed by atoms with Crippen molar-refractivity contribution in [3.63, 3.8) is 0 Å². The molecule has 84 valence electrons. The third-order valence-corrected chi connectivity index (χ3v) is 3.81. The monoisotopic (exact) mass is 225 g/mol. The first-order chi connectivity index (χ1) is 7.34. The molecule has 1 aliphatic rings. The number of hydrogen-bond acceptors (Lipinski definition) is 4. The highest BCUT2D eigenvalue weighted by Crippen LogP contribution is 2.09. The molecule has 1 fully saturated rings. The van der Waals surface area contributed by atoms with E-state index in [1.807, 2.05) is 11.6 Å². The van der Waals surface area contributed by atoms with E-state index in [4.69, 9.17) is 0 Å². The van der Waals surface area contributed by atoms with Gasteiger partial charge in [0, 0.05) is 30.6 Å². The standard InChI is InChI=1S/C11H19N3S/c1-14-7-3-10(4-8-14)12-5-2-11-13-6-9-15-11/h6,9-10,12H,2-5,7-8H2,1H3. The maximum Gasteiger partial charge on any atom is 0.0937 e. The lowest BCUT2D eigenvalue weighted by Gasteiger charge is -2.29. The minimum absolute atomic E-state index is 0.723. The van der Waals surface area contributed by atoms with Crippen molar-refractivity contribution in [3.05, 3.63) is 16.6 Å². The Bertz CT molecular complexity index is 265. The molecule has 0 amide bonds. The second-order valence-corrected chi connectivity index (χ2v) is 5.19. The van der Waals surface area contributed by atoms with E-state index in [-0.39, 0.29) is 0 Å². The molecular formula is C11H19N3S. The number of nitrogens with zero attached hydrogens (tertiary/aromatic N) is 2. The van der Waals surface area contributed by atoms with Crippen LogP contribution in [0.25, 0.3) is 0 Å². The van der Waals surface area contributed by atoms with Crippen LogP contribution in [-0.2, 0) is 6.42 Å². The molecule has 1 aromatic heterocycles. The van der Waals surface area contributed by atoms with Gasteiger partial charge in [0.05, 0.1) is 5.01 Å².